The average Bonchev–Trinajstić information content (AvgIpc) is 2.50. The zero-order valence-corrected chi connectivity index (χ0v) is 11.2. The molecule has 0 saturated carbocycles. The maximum Gasteiger partial charge on any atom is 0.262 e. The molecule has 1 atom stereocenters. The summed E-state index contributed by atoms with van der Waals surface area (Å²) in [5.41, 5.74) is 0.824. The number of fused-ring (bicyclic) bond motifs is 1. The lowest BCUT2D eigenvalue weighted by Gasteiger charge is -2.31. The summed E-state index contributed by atoms with van der Waals surface area (Å²) in [6.45, 7) is 7.83. The second kappa shape index (κ2) is 4.21. The van der Waals surface area contributed by atoms with Crippen LogP contribution >= 0.6 is 0 Å². The lowest BCUT2D eigenvalue weighted by molar-refractivity contribution is 0.0546. The first-order valence-corrected chi connectivity index (χ1v) is 6.06. The summed E-state index contributed by atoms with van der Waals surface area (Å²) < 4.78 is 0. The van der Waals surface area contributed by atoms with Gasteiger partial charge in [-0.2, -0.15) is 0 Å². The standard InChI is InChI=1S/C14H18N2O2/c1-9(15-14(2,3)4)16-12(17)10-7-5-6-8-11(10)13(16)18/h5-9,15H,1-4H3. The average molecular weight is 246 g/mol. The summed E-state index contributed by atoms with van der Waals surface area (Å²) in [6, 6.07) is 6.93. The molecule has 1 unspecified atom stereocenters. The molecular weight excluding hydrogens is 228 g/mol. The largest absolute Gasteiger partial charge is 0.292 e. The van der Waals surface area contributed by atoms with E-state index >= 15 is 0 Å². The predicted molar refractivity (Wildman–Crippen MR) is 69.3 cm³/mol. The number of amides is 2. The minimum Gasteiger partial charge on any atom is -0.292 e. The van der Waals surface area contributed by atoms with Gasteiger partial charge in [0.05, 0.1) is 17.3 Å². The zero-order chi connectivity index (χ0) is 13.5. The molecule has 1 aromatic carbocycles. The summed E-state index contributed by atoms with van der Waals surface area (Å²) in [4.78, 5) is 25.7. The van der Waals surface area contributed by atoms with Crippen LogP contribution in [0.5, 0.6) is 0 Å². The number of benzene rings is 1. The fourth-order valence-electron chi connectivity index (χ4n) is 2.25. The van der Waals surface area contributed by atoms with Gasteiger partial charge in [-0.15, -0.1) is 0 Å². The smallest absolute Gasteiger partial charge is 0.262 e. The van der Waals surface area contributed by atoms with Crippen molar-refractivity contribution in [3.05, 3.63) is 35.4 Å². The number of imide groups is 1. The van der Waals surface area contributed by atoms with Gasteiger partial charge in [0.1, 0.15) is 0 Å². The van der Waals surface area contributed by atoms with Crippen molar-refractivity contribution in [1.82, 2.24) is 10.2 Å². The number of nitrogens with one attached hydrogen (secondary N) is 1. The molecule has 0 bridgehead atoms. The zero-order valence-electron chi connectivity index (χ0n) is 11.2. The van der Waals surface area contributed by atoms with Crippen molar-refractivity contribution in [2.75, 3.05) is 0 Å². The Hall–Kier alpha value is -1.68. The van der Waals surface area contributed by atoms with E-state index in [2.05, 4.69) is 5.32 Å². The first kappa shape index (κ1) is 12.8. The highest BCUT2D eigenvalue weighted by Gasteiger charge is 2.38. The lowest BCUT2D eigenvalue weighted by Crippen LogP contribution is -2.53. The Morgan fingerprint density at radius 3 is 1.89 bits per heavy atom. The van der Waals surface area contributed by atoms with E-state index in [-0.39, 0.29) is 23.5 Å². The fraction of sp³-hybridized carbons (Fsp3) is 0.429. The van der Waals surface area contributed by atoms with Crippen LogP contribution in [0.3, 0.4) is 0 Å². The third-order valence-electron chi connectivity index (χ3n) is 2.85. The van der Waals surface area contributed by atoms with E-state index in [0.29, 0.717) is 11.1 Å². The van der Waals surface area contributed by atoms with Crippen LogP contribution in [0.1, 0.15) is 48.4 Å². The predicted octanol–water partition coefficient (Wildman–Crippen LogP) is 2.02. The van der Waals surface area contributed by atoms with Gasteiger partial charge in [-0.05, 0) is 39.8 Å². The molecule has 4 heteroatoms. The molecule has 2 rings (SSSR count). The minimum absolute atomic E-state index is 0.158. The third-order valence-corrected chi connectivity index (χ3v) is 2.85. The molecule has 0 saturated heterocycles. The van der Waals surface area contributed by atoms with Crippen LogP contribution in [-0.2, 0) is 0 Å². The number of rotatable bonds is 2. The molecule has 1 N–H and O–H groups in total. The van der Waals surface area contributed by atoms with E-state index in [1.807, 2.05) is 27.7 Å². The van der Waals surface area contributed by atoms with Crippen molar-refractivity contribution in [1.29, 1.82) is 0 Å². The van der Waals surface area contributed by atoms with Crippen molar-refractivity contribution in [3.8, 4) is 0 Å². The maximum absolute atomic E-state index is 12.2. The summed E-state index contributed by atoms with van der Waals surface area (Å²) >= 11 is 0. The van der Waals surface area contributed by atoms with E-state index in [1.165, 1.54) is 4.90 Å². The lowest BCUT2D eigenvalue weighted by atomic mass is 10.1. The maximum atomic E-state index is 12.2. The van der Waals surface area contributed by atoms with Crippen molar-refractivity contribution in [2.24, 2.45) is 0 Å². The molecule has 2 amide bonds. The molecule has 0 radical (unpaired) electrons. The van der Waals surface area contributed by atoms with Gasteiger partial charge in [0, 0.05) is 5.54 Å². The SMILES string of the molecule is CC(NC(C)(C)C)N1C(=O)c2ccccc2C1=O. The molecule has 0 fully saturated rings. The summed E-state index contributed by atoms with van der Waals surface area (Å²) in [7, 11) is 0. The Morgan fingerprint density at radius 1 is 1.06 bits per heavy atom. The van der Waals surface area contributed by atoms with Gasteiger partial charge in [0.15, 0.2) is 0 Å². The molecule has 1 heterocycles. The Morgan fingerprint density at radius 2 is 1.50 bits per heavy atom. The van der Waals surface area contributed by atoms with Crippen LogP contribution in [0.25, 0.3) is 0 Å². The second-order valence-corrected chi connectivity index (χ2v) is 5.60. The van der Waals surface area contributed by atoms with E-state index in [1.54, 1.807) is 24.3 Å². The molecule has 18 heavy (non-hydrogen) atoms. The third kappa shape index (κ3) is 2.16. The molecule has 1 aromatic rings. The van der Waals surface area contributed by atoms with Crippen molar-refractivity contribution < 1.29 is 9.59 Å². The highest BCUT2D eigenvalue weighted by molar-refractivity contribution is 6.21. The number of carbonyl (C=O) groups excluding carboxylic acids is 2. The van der Waals surface area contributed by atoms with Crippen molar-refractivity contribution in [3.63, 3.8) is 0 Å². The highest BCUT2D eigenvalue weighted by atomic mass is 16.2. The van der Waals surface area contributed by atoms with Crippen LogP contribution in [0.2, 0.25) is 0 Å². The van der Waals surface area contributed by atoms with Crippen LogP contribution in [0.4, 0.5) is 0 Å². The Labute approximate surface area is 107 Å². The van der Waals surface area contributed by atoms with Gasteiger partial charge in [0.25, 0.3) is 11.8 Å². The second-order valence-electron chi connectivity index (χ2n) is 5.60. The number of nitrogens with zero attached hydrogens (tertiary/aromatic N) is 1. The van der Waals surface area contributed by atoms with Crippen molar-refractivity contribution >= 4 is 11.8 Å². The van der Waals surface area contributed by atoms with E-state index in [4.69, 9.17) is 0 Å². The van der Waals surface area contributed by atoms with Crippen LogP contribution in [0.15, 0.2) is 24.3 Å². The summed E-state index contributed by atoms with van der Waals surface area (Å²) in [5.74, 6) is -0.445. The first-order chi connectivity index (χ1) is 8.31. The molecular formula is C14H18N2O2. The molecule has 96 valence electrons. The van der Waals surface area contributed by atoms with Gasteiger partial charge < -0.3 is 0 Å². The molecule has 1 aliphatic rings. The van der Waals surface area contributed by atoms with E-state index < -0.39 is 0 Å². The monoisotopic (exact) mass is 246 g/mol. The summed E-state index contributed by atoms with van der Waals surface area (Å²) in [5, 5.41) is 3.24. The Balaban J connectivity index is 2.29. The number of carbonyl (C=O) groups is 2. The Kier molecular flexibility index (Phi) is 2.99. The minimum atomic E-state index is -0.322. The van der Waals surface area contributed by atoms with Crippen LogP contribution in [-0.4, -0.2) is 28.4 Å². The molecule has 1 aliphatic heterocycles. The highest BCUT2D eigenvalue weighted by Crippen LogP contribution is 2.24. The topological polar surface area (TPSA) is 49.4 Å². The number of hydrogen-bond donors (Lipinski definition) is 1. The number of hydrogen-bond acceptors (Lipinski definition) is 3. The first-order valence-electron chi connectivity index (χ1n) is 6.06. The molecule has 4 nitrogen and oxygen atoms in total. The van der Waals surface area contributed by atoms with Gasteiger partial charge in [-0.1, -0.05) is 12.1 Å². The van der Waals surface area contributed by atoms with Gasteiger partial charge >= 0.3 is 0 Å². The fourth-order valence-corrected chi connectivity index (χ4v) is 2.25. The van der Waals surface area contributed by atoms with Crippen molar-refractivity contribution in [2.45, 2.75) is 39.4 Å². The Bertz CT molecular complexity index is 468. The quantitative estimate of drug-likeness (QED) is 0.812. The molecule has 0 spiro atoms. The normalized spacial score (nSPS) is 17.0. The summed E-state index contributed by atoms with van der Waals surface area (Å²) in [6.07, 6.45) is -0.322. The van der Waals surface area contributed by atoms with Gasteiger partial charge in [-0.25, -0.2) is 0 Å². The molecule has 0 aliphatic carbocycles. The van der Waals surface area contributed by atoms with Crippen LogP contribution < -0.4 is 5.32 Å². The van der Waals surface area contributed by atoms with Gasteiger partial charge in [0.2, 0.25) is 0 Å². The van der Waals surface area contributed by atoms with Crippen LogP contribution in [0, 0.1) is 0 Å². The van der Waals surface area contributed by atoms with E-state index in [9.17, 15) is 9.59 Å². The van der Waals surface area contributed by atoms with E-state index in [0.717, 1.165) is 0 Å². The van der Waals surface area contributed by atoms with Gasteiger partial charge in [-0.3, -0.25) is 19.8 Å². The molecule has 0 aromatic heterocycles.